The number of nitrogens with one attached hydrogen (secondary N) is 1. The molecule has 1 saturated heterocycles. The van der Waals surface area contributed by atoms with Gasteiger partial charge in [-0.15, -0.1) is 0 Å². The van der Waals surface area contributed by atoms with E-state index in [1.807, 2.05) is 12.1 Å². The molecule has 0 aliphatic carbocycles. The smallest absolute Gasteiger partial charge is 0.240 e. The standard InChI is InChI=1S/C15H23NO3S/c1-12(2)14-3-5-15(6-4-14)20(17,18)16-11-13-7-9-19-10-8-13/h3-6,12-13,16H,7-11H2,1-2H3. The molecule has 1 aliphatic heterocycles. The average molecular weight is 297 g/mol. The van der Waals surface area contributed by atoms with Gasteiger partial charge >= 0.3 is 0 Å². The van der Waals surface area contributed by atoms with Crippen LogP contribution in [-0.4, -0.2) is 28.2 Å². The highest BCUT2D eigenvalue weighted by Gasteiger charge is 2.19. The first kappa shape index (κ1) is 15.5. The minimum atomic E-state index is -3.39. The van der Waals surface area contributed by atoms with Gasteiger partial charge in [0, 0.05) is 19.8 Å². The Balaban J connectivity index is 1.98. The topological polar surface area (TPSA) is 55.4 Å². The van der Waals surface area contributed by atoms with Gasteiger partial charge in [0.05, 0.1) is 4.90 Å². The second kappa shape index (κ2) is 6.70. The Morgan fingerprint density at radius 1 is 1.20 bits per heavy atom. The third kappa shape index (κ3) is 4.04. The summed E-state index contributed by atoms with van der Waals surface area (Å²) in [6.45, 7) is 6.14. The molecular formula is C15H23NO3S. The van der Waals surface area contributed by atoms with Crippen molar-refractivity contribution in [1.29, 1.82) is 0 Å². The van der Waals surface area contributed by atoms with Crippen molar-refractivity contribution in [2.45, 2.75) is 37.5 Å². The normalized spacial score (nSPS) is 17.6. The van der Waals surface area contributed by atoms with Crippen molar-refractivity contribution in [3.63, 3.8) is 0 Å². The van der Waals surface area contributed by atoms with Crippen LogP contribution in [0.25, 0.3) is 0 Å². The lowest BCUT2D eigenvalue weighted by molar-refractivity contribution is 0.0678. The molecule has 1 aliphatic rings. The monoisotopic (exact) mass is 297 g/mol. The first-order chi connectivity index (χ1) is 9.49. The Hall–Kier alpha value is -0.910. The second-order valence-corrected chi connectivity index (χ2v) is 7.40. The summed E-state index contributed by atoms with van der Waals surface area (Å²) in [6.07, 6.45) is 1.85. The molecule has 0 radical (unpaired) electrons. The molecule has 0 aromatic heterocycles. The van der Waals surface area contributed by atoms with Crippen LogP contribution in [0.1, 0.15) is 38.2 Å². The maximum absolute atomic E-state index is 12.2. The summed E-state index contributed by atoms with van der Waals surface area (Å²) in [5.74, 6) is 0.787. The third-order valence-electron chi connectivity index (χ3n) is 3.76. The van der Waals surface area contributed by atoms with Gasteiger partial charge in [0.15, 0.2) is 0 Å². The third-order valence-corrected chi connectivity index (χ3v) is 5.20. The number of hydrogen-bond donors (Lipinski definition) is 1. The van der Waals surface area contributed by atoms with Crippen LogP contribution in [0.15, 0.2) is 29.2 Å². The fraction of sp³-hybridized carbons (Fsp3) is 0.600. The van der Waals surface area contributed by atoms with Crippen molar-refractivity contribution in [3.05, 3.63) is 29.8 Å². The fourth-order valence-corrected chi connectivity index (χ4v) is 3.41. The van der Waals surface area contributed by atoms with Crippen molar-refractivity contribution < 1.29 is 13.2 Å². The van der Waals surface area contributed by atoms with Crippen LogP contribution in [0.4, 0.5) is 0 Å². The molecule has 1 heterocycles. The van der Waals surface area contributed by atoms with E-state index < -0.39 is 10.0 Å². The van der Waals surface area contributed by atoms with E-state index in [2.05, 4.69) is 18.6 Å². The molecule has 112 valence electrons. The highest BCUT2D eigenvalue weighted by Crippen LogP contribution is 2.18. The fourth-order valence-electron chi connectivity index (χ4n) is 2.29. The predicted molar refractivity (Wildman–Crippen MR) is 79.3 cm³/mol. The van der Waals surface area contributed by atoms with Crippen LogP contribution in [0, 0.1) is 5.92 Å². The van der Waals surface area contributed by atoms with Gasteiger partial charge in [-0.05, 0) is 42.4 Å². The van der Waals surface area contributed by atoms with E-state index in [1.54, 1.807) is 12.1 Å². The summed E-state index contributed by atoms with van der Waals surface area (Å²) >= 11 is 0. The molecule has 0 atom stereocenters. The Morgan fingerprint density at radius 3 is 2.35 bits per heavy atom. The molecule has 0 unspecified atom stereocenters. The van der Waals surface area contributed by atoms with Crippen LogP contribution in [0.5, 0.6) is 0 Å². The van der Waals surface area contributed by atoms with E-state index in [1.165, 1.54) is 0 Å². The van der Waals surface area contributed by atoms with E-state index in [4.69, 9.17) is 4.74 Å². The van der Waals surface area contributed by atoms with Crippen molar-refractivity contribution >= 4 is 10.0 Å². The van der Waals surface area contributed by atoms with Gasteiger partial charge in [0.1, 0.15) is 0 Å². The van der Waals surface area contributed by atoms with Crippen LogP contribution in [0.2, 0.25) is 0 Å². The SMILES string of the molecule is CC(C)c1ccc(S(=O)(=O)NCC2CCOCC2)cc1. The minimum absolute atomic E-state index is 0.342. The molecule has 1 N–H and O–H groups in total. The van der Waals surface area contributed by atoms with E-state index in [9.17, 15) is 8.42 Å². The Labute approximate surface area is 121 Å². The average Bonchev–Trinajstić information content (AvgIpc) is 2.46. The second-order valence-electron chi connectivity index (χ2n) is 5.63. The lowest BCUT2D eigenvalue weighted by atomic mass is 10.0. The van der Waals surface area contributed by atoms with E-state index in [0.717, 1.165) is 31.6 Å². The summed E-state index contributed by atoms with van der Waals surface area (Å²) in [4.78, 5) is 0.342. The molecule has 0 saturated carbocycles. The van der Waals surface area contributed by atoms with Crippen molar-refractivity contribution in [3.8, 4) is 0 Å². The maximum atomic E-state index is 12.2. The summed E-state index contributed by atoms with van der Waals surface area (Å²) < 4.78 is 32.4. The molecule has 2 rings (SSSR count). The van der Waals surface area contributed by atoms with Gasteiger partial charge in [-0.2, -0.15) is 0 Å². The zero-order chi connectivity index (χ0) is 14.6. The molecule has 5 heteroatoms. The lowest BCUT2D eigenvalue weighted by Crippen LogP contribution is -2.32. The molecule has 1 aromatic carbocycles. The van der Waals surface area contributed by atoms with Gasteiger partial charge in [-0.1, -0.05) is 26.0 Å². The Bertz CT molecular complexity index is 517. The van der Waals surface area contributed by atoms with Crippen molar-refractivity contribution in [2.24, 2.45) is 5.92 Å². The van der Waals surface area contributed by atoms with Gasteiger partial charge in [-0.3, -0.25) is 0 Å². The van der Waals surface area contributed by atoms with E-state index in [-0.39, 0.29) is 0 Å². The molecule has 0 spiro atoms. The molecule has 1 fully saturated rings. The van der Waals surface area contributed by atoms with Gasteiger partial charge < -0.3 is 4.74 Å². The summed E-state index contributed by atoms with van der Waals surface area (Å²) in [6, 6.07) is 7.13. The summed E-state index contributed by atoms with van der Waals surface area (Å²) in [5, 5.41) is 0. The molecule has 0 bridgehead atoms. The van der Waals surface area contributed by atoms with Crippen LogP contribution >= 0.6 is 0 Å². The van der Waals surface area contributed by atoms with Crippen molar-refractivity contribution in [2.75, 3.05) is 19.8 Å². The predicted octanol–water partition coefficient (Wildman–Crippen LogP) is 2.51. The largest absolute Gasteiger partial charge is 0.381 e. The molecule has 4 nitrogen and oxygen atoms in total. The highest BCUT2D eigenvalue weighted by molar-refractivity contribution is 7.89. The quantitative estimate of drug-likeness (QED) is 0.908. The number of benzene rings is 1. The zero-order valence-corrected chi connectivity index (χ0v) is 12.9. The molecule has 0 amide bonds. The molecule has 1 aromatic rings. The van der Waals surface area contributed by atoms with Crippen LogP contribution in [-0.2, 0) is 14.8 Å². The van der Waals surface area contributed by atoms with E-state index >= 15 is 0 Å². The van der Waals surface area contributed by atoms with Gasteiger partial charge in [0.2, 0.25) is 10.0 Å². The lowest BCUT2D eigenvalue weighted by Gasteiger charge is -2.22. The Morgan fingerprint density at radius 2 is 1.80 bits per heavy atom. The number of hydrogen-bond acceptors (Lipinski definition) is 3. The van der Waals surface area contributed by atoms with E-state index in [0.29, 0.717) is 23.3 Å². The van der Waals surface area contributed by atoms with Gasteiger partial charge in [0.25, 0.3) is 0 Å². The van der Waals surface area contributed by atoms with Crippen LogP contribution < -0.4 is 4.72 Å². The van der Waals surface area contributed by atoms with Crippen LogP contribution in [0.3, 0.4) is 0 Å². The first-order valence-electron chi connectivity index (χ1n) is 7.16. The minimum Gasteiger partial charge on any atom is -0.381 e. The number of rotatable bonds is 5. The Kier molecular flexibility index (Phi) is 5.18. The molecular weight excluding hydrogens is 274 g/mol. The number of ether oxygens (including phenoxy) is 1. The highest BCUT2D eigenvalue weighted by atomic mass is 32.2. The summed E-state index contributed by atoms with van der Waals surface area (Å²) in [5.41, 5.74) is 1.15. The number of sulfonamides is 1. The first-order valence-corrected chi connectivity index (χ1v) is 8.65. The maximum Gasteiger partial charge on any atom is 0.240 e. The van der Waals surface area contributed by atoms with Crippen molar-refractivity contribution in [1.82, 2.24) is 4.72 Å². The zero-order valence-electron chi connectivity index (χ0n) is 12.1. The molecule has 20 heavy (non-hydrogen) atoms. The summed E-state index contributed by atoms with van der Waals surface area (Å²) in [7, 11) is -3.39. The van der Waals surface area contributed by atoms with Gasteiger partial charge in [-0.25, -0.2) is 13.1 Å².